The third-order valence-electron chi connectivity index (χ3n) is 3.40. The quantitative estimate of drug-likeness (QED) is 0.805. The van der Waals surface area contributed by atoms with E-state index in [0.717, 1.165) is 5.56 Å². The van der Waals surface area contributed by atoms with E-state index in [4.69, 9.17) is 5.73 Å². The highest BCUT2D eigenvalue weighted by Crippen LogP contribution is 2.20. The van der Waals surface area contributed by atoms with Crippen molar-refractivity contribution in [1.82, 2.24) is 5.32 Å². The molecule has 0 bridgehead atoms. The Hall–Kier alpha value is -1.56. The molecule has 1 aliphatic heterocycles. The maximum absolute atomic E-state index is 12.0. The van der Waals surface area contributed by atoms with Crippen LogP contribution in [0.5, 0.6) is 0 Å². The van der Waals surface area contributed by atoms with Gasteiger partial charge in [0.2, 0.25) is 5.91 Å². The van der Waals surface area contributed by atoms with Gasteiger partial charge >= 0.3 is 0 Å². The Kier molecular flexibility index (Phi) is 3.80. The third kappa shape index (κ3) is 3.47. The molecule has 19 heavy (non-hydrogen) atoms. The molecule has 0 aromatic heterocycles. The Morgan fingerprint density at radius 2 is 2.00 bits per heavy atom. The molecule has 1 heterocycles. The number of carbonyl (C=O) groups is 1. The Labute approximate surface area is 113 Å². The predicted molar refractivity (Wildman–Crippen MR) is 74.2 cm³/mol. The van der Waals surface area contributed by atoms with Crippen LogP contribution in [0.15, 0.2) is 24.3 Å². The molecular formula is C13H18N2O3S. The fraction of sp³-hybridized carbons (Fsp3) is 0.462. The number of hydrogen-bond donors (Lipinski definition) is 2. The van der Waals surface area contributed by atoms with Crippen LogP contribution in [0, 0.1) is 5.92 Å². The van der Waals surface area contributed by atoms with Gasteiger partial charge in [0.15, 0.2) is 9.84 Å². The van der Waals surface area contributed by atoms with Gasteiger partial charge in [0.1, 0.15) is 0 Å². The van der Waals surface area contributed by atoms with Gasteiger partial charge in [-0.3, -0.25) is 4.79 Å². The van der Waals surface area contributed by atoms with E-state index in [2.05, 4.69) is 5.32 Å². The van der Waals surface area contributed by atoms with Gasteiger partial charge < -0.3 is 11.1 Å². The summed E-state index contributed by atoms with van der Waals surface area (Å²) in [6, 6.07) is 7.10. The van der Waals surface area contributed by atoms with Crippen LogP contribution >= 0.6 is 0 Å². The summed E-state index contributed by atoms with van der Waals surface area (Å²) in [5, 5.41) is 2.85. The van der Waals surface area contributed by atoms with Gasteiger partial charge in [-0.15, -0.1) is 0 Å². The second-order valence-electron chi connectivity index (χ2n) is 5.00. The van der Waals surface area contributed by atoms with Crippen LogP contribution < -0.4 is 11.1 Å². The molecule has 0 saturated carbocycles. The first-order chi connectivity index (χ1) is 8.87. The van der Waals surface area contributed by atoms with Crippen LogP contribution in [0.25, 0.3) is 0 Å². The molecule has 1 aromatic rings. The van der Waals surface area contributed by atoms with Gasteiger partial charge in [0.05, 0.1) is 23.5 Å². The zero-order valence-corrected chi connectivity index (χ0v) is 11.6. The van der Waals surface area contributed by atoms with E-state index in [1.54, 1.807) is 12.1 Å². The van der Waals surface area contributed by atoms with Crippen molar-refractivity contribution in [2.24, 2.45) is 5.92 Å². The number of nitrogens with two attached hydrogens (primary N) is 1. The van der Waals surface area contributed by atoms with Crippen LogP contribution in [0.3, 0.4) is 0 Å². The van der Waals surface area contributed by atoms with Crippen molar-refractivity contribution in [3.8, 4) is 0 Å². The summed E-state index contributed by atoms with van der Waals surface area (Å²) in [4.78, 5) is 12.0. The highest BCUT2D eigenvalue weighted by atomic mass is 32.2. The lowest BCUT2D eigenvalue weighted by Crippen LogP contribution is -2.33. The van der Waals surface area contributed by atoms with Gasteiger partial charge in [-0.25, -0.2) is 8.42 Å². The number of carbonyl (C=O) groups excluding carboxylic acids is 1. The lowest BCUT2D eigenvalue weighted by atomic mass is 10.1. The maximum atomic E-state index is 12.0. The van der Waals surface area contributed by atoms with Crippen LogP contribution in [-0.4, -0.2) is 25.8 Å². The molecule has 2 unspecified atom stereocenters. The lowest BCUT2D eigenvalue weighted by Gasteiger charge is -2.17. The molecule has 6 heteroatoms. The monoisotopic (exact) mass is 282 g/mol. The van der Waals surface area contributed by atoms with E-state index in [0.29, 0.717) is 12.1 Å². The number of benzene rings is 1. The molecule has 5 nitrogen and oxygen atoms in total. The Bertz CT molecular complexity index is 566. The number of nitrogen functional groups attached to an aromatic ring is 1. The van der Waals surface area contributed by atoms with Crippen LogP contribution in [0.2, 0.25) is 0 Å². The highest BCUT2D eigenvalue weighted by molar-refractivity contribution is 7.91. The van der Waals surface area contributed by atoms with Crippen molar-refractivity contribution >= 4 is 21.4 Å². The van der Waals surface area contributed by atoms with E-state index in [1.807, 2.05) is 19.1 Å². The summed E-state index contributed by atoms with van der Waals surface area (Å²) in [5.74, 6) is -0.527. The number of rotatable bonds is 3. The summed E-state index contributed by atoms with van der Waals surface area (Å²) < 4.78 is 22.7. The van der Waals surface area contributed by atoms with Crippen LogP contribution in [0.1, 0.15) is 24.9 Å². The molecule has 0 radical (unpaired) electrons. The minimum Gasteiger partial charge on any atom is -0.399 e. The number of amides is 1. The van der Waals surface area contributed by atoms with Gasteiger partial charge in [-0.05, 0) is 31.0 Å². The van der Waals surface area contributed by atoms with E-state index in [1.165, 1.54) is 0 Å². The lowest BCUT2D eigenvalue weighted by molar-refractivity contribution is -0.124. The summed E-state index contributed by atoms with van der Waals surface area (Å²) in [6.45, 7) is 1.87. The molecular weight excluding hydrogens is 264 g/mol. The summed E-state index contributed by atoms with van der Waals surface area (Å²) in [6.07, 6.45) is 0.419. The summed E-state index contributed by atoms with van der Waals surface area (Å²) in [7, 11) is -3.02. The minimum atomic E-state index is -3.02. The Morgan fingerprint density at radius 1 is 1.37 bits per heavy atom. The largest absolute Gasteiger partial charge is 0.399 e. The molecule has 104 valence electrons. The molecule has 2 rings (SSSR count). The second-order valence-corrected chi connectivity index (χ2v) is 7.23. The van der Waals surface area contributed by atoms with Crippen molar-refractivity contribution in [2.75, 3.05) is 17.2 Å². The van der Waals surface area contributed by atoms with Crippen LogP contribution in [0.4, 0.5) is 5.69 Å². The Balaban J connectivity index is 1.97. The summed E-state index contributed by atoms with van der Waals surface area (Å²) in [5.41, 5.74) is 7.22. The van der Waals surface area contributed by atoms with Gasteiger partial charge in [0, 0.05) is 5.69 Å². The standard InChI is InChI=1S/C13H18N2O3S/c1-9(10-2-4-12(14)5-3-10)15-13(16)11-6-7-19(17,18)8-11/h2-5,9,11H,6-8,14H2,1H3,(H,15,16). The SMILES string of the molecule is CC(NC(=O)C1CCS(=O)(=O)C1)c1ccc(N)cc1. The van der Waals surface area contributed by atoms with Crippen molar-refractivity contribution in [2.45, 2.75) is 19.4 Å². The normalized spacial score (nSPS) is 22.9. The van der Waals surface area contributed by atoms with Gasteiger partial charge in [-0.1, -0.05) is 12.1 Å². The number of hydrogen-bond acceptors (Lipinski definition) is 4. The van der Waals surface area contributed by atoms with E-state index < -0.39 is 15.8 Å². The molecule has 1 saturated heterocycles. The molecule has 1 aromatic carbocycles. The highest BCUT2D eigenvalue weighted by Gasteiger charge is 2.33. The fourth-order valence-corrected chi connectivity index (χ4v) is 3.94. The van der Waals surface area contributed by atoms with Crippen molar-refractivity contribution in [3.05, 3.63) is 29.8 Å². The average Bonchev–Trinajstić information content (AvgIpc) is 2.70. The first-order valence-corrected chi connectivity index (χ1v) is 8.06. The van der Waals surface area contributed by atoms with E-state index in [9.17, 15) is 13.2 Å². The molecule has 0 aliphatic carbocycles. The molecule has 0 spiro atoms. The maximum Gasteiger partial charge on any atom is 0.224 e. The fourth-order valence-electron chi connectivity index (χ4n) is 2.20. The van der Waals surface area contributed by atoms with Crippen molar-refractivity contribution in [3.63, 3.8) is 0 Å². The van der Waals surface area contributed by atoms with Crippen molar-refractivity contribution in [1.29, 1.82) is 0 Å². The molecule has 1 aliphatic rings. The smallest absolute Gasteiger partial charge is 0.224 e. The molecule has 1 fully saturated rings. The topological polar surface area (TPSA) is 89.3 Å². The number of anilines is 1. The van der Waals surface area contributed by atoms with E-state index in [-0.39, 0.29) is 23.5 Å². The van der Waals surface area contributed by atoms with Crippen LogP contribution in [-0.2, 0) is 14.6 Å². The first kappa shape index (κ1) is 13.9. The molecule has 1 amide bonds. The average molecular weight is 282 g/mol. The van der Waals surface area contributed by atoms with E-state index >= 15 is 0 Å². The van der Waals surface area contributed by atoms with Gasteiger partial charge in [-0.2, -0.15) is 0 Å². The number of sulfone groups is 1. The summed E-state index contributed by atoms with van der Waals surface area (Å²) >= 11 is 0. The zero-order chi connectivity index (χ0) is 14.0. The molecule has 3 N–H and O–H groups in total. The van der Waals surface area contributed by atoms with Gasteiger partial charge in [0.25, 0.3) is 0 Å². The predicted octanol–water partition coefficient (Wildman–Crippen LogP) is 0.881. The first-order valence-electron chi connectivity index (χ1n) is 6.23. The van der Waals surface area contributed by atoms with Crippen molar-refractivity contribution < 1.29 is 13.2 Å². The Morgan fingerprint density at radius 3 is 2.53 bits per heavy atom. The third-order valence-corrected chi connectivity index (χ3v) is 5.17. The number of nitrogens with one attached hydrogen (secondary N) is 1. The molecule has 2 atom stereocenters. The second kappa shape index (κ2) is 5.21. The zero-order valence-electron chi connectivity index (χ0n) is 10.8. The minimum absolute atomic E-state index is 0.0344.